The van der Waals surface area contributed by atoms with Crippen molar-refractivity contribution in [3.8, 4) is 0 Å². The largest absolute Gasteiger partial charge is 0.458 e. The van der Waals surface area contributed by atoms with Gasteiger partial charge in [-0.05, 0) is 86.5 Å². The first-order valence-corrected chi connectivity index (χ1v) is 13.4. The molecule has 0 aromatic heterocycles. The Morgan fingerprint density at radius 3 is 2.56 bits per heavy atom. The maximum absolute atomic E-state index is 13.3. The molecule has 0 spiro atoms. The standard InChI is InChI=1S/C28H40O6/c1-26-11-9-19(29)14-18(26)7-8-20-21-10-12-28(33,27(21,2)15-22(30)25(20)26)23(31)16-34-24(32)13-17-5-3-4-6-17/h14,17,20-22,25,30,33H,3-13,15-16H2,1-2H3/t20-,21-,22-,25+,26-,27-,28-/m0/s1. The number of hydrogen-bond donors (Lipinski definition) is 2. The zero-order valence-corrected chi connectivity index (χ0v) is 20.7. The van der Waals surface area contributed by atoms with E-state index in [1.807, 2.05) is 13.0 Å². The van der Waals surface area contributed by atoms with Crippen LogP contribution in [-0.2, 0) is 19.1 Å². The number of ketones is 2. The van der Waals surface area contributed by atoms with Crippen molar-refractivity contribution in [3.63, 3.8) is 0 Å². The number of aliphatic hydroxyl groups is 2. The van der Waals surface area contributed by atoms with E-state index in [-0.39, 0.29) is 41.5 Å². The highest BCUT2D eigenvalue weighted by Crippen LogP contribution is 2.67. The molecule has 4 saturated carbocycles. The summed E-state index contributed by atoms with van der Waals surface area (Å²) in [6, 6.07) is 0. The second-order valence-corrected chi connectivity index (χ2v) is 12.4. The predicted octanol–water partition coefficient (Wildman–Crippen LogP) is 3.91. The molecule has 0 aliphatic heterocycles. The Hall–Kier alpha value is -1.53. The van der Waals surface area contributed by atoms with Gasteiger partial charge in [0.1, 0.15) is 5.60 Å². The molecule has 34 heavy (non-hydrogen) atoms. The minimum absolute atomic E-state index is 0.0420. The summed E-state index contributed by atoms with van der Waals surface area (Å²) in [4.78, 5) is 37.7. The van der Waals surface area contributed by atoms with Crippen molar-refractivity contribution >= 4 is 17.5 Å². The molecule has 0 heterocycles. The Morgan fingerprint density at radius 2 is 1.82 bits per heavy atom. The third kappa shape index (κ3) is 3.62. The highest BCUT2D eigenvalue weighted by atomic mass is 16.5. The van der Waals surface area contributed by atoms with Crippen LogP contribution in [0.2, 0.25) is 0 Å². The fraction of sp³-hybridized carbons (Fsp3) is 0.821. The van der Waals surface area contributed by atoms with Crippen LogP contribution in [0.25, 0.3) is 0 Å². The molecule has 5 rings (SSSR count). The minimum Gasteiger partial charge on any atom is -0.458 e. The highest BCUT2D eigenvalue weighted by molar-refractivity contribution is 5.92. The van der Waals surface area contributed by atoms with Crippen LogP contribution in [0.4, 0.5) is 0 Å². The van der Waals surface area contributed by atoms with Crippen molar-refractivity contribution in [2.75, 3.05) is 6.61 Å². The van der Waals surface area contributed by atoms with Crippen molar-refractivity contribution in [1.29, 1.82) is 0 Å². The third-order valence-electron chi connectivity index (χ3n) is 10.8. The molecule has 0 aromatic carbocycles. The van der Waals surface area contributed by atoms with E-state index in [4.69, 9.17) is 4.74 Å². The monoisotopic (exact) mass is 472 g/mol. The van der Waals surface area contributed by atoms with Crippen molar-refractivity contribution < 1.29 is 29.3 Å². The molecule has 0 amide bonds. The molecule has 0 saturated heterocycles. The number of ether oxygens (including phenoxy) is 1. The van der Waals surface area contributed by atoms with Gasteiger partial charge in [-0.2, -0.15) is 0 Å². The van der Waals surface area contributed by atoms with Gasteiger partial charge in [0.2, 0.25) is 5.78 Å². The maximum atomic E-state index is 13.3. The van der Waals surface area contributed by atoms with Gasteiger partial charge in [-0.25, -0.2) is 0 Å². The van der Waals surface area contributed by atoms with E-state index in [9.17, 15) is 24.6 Å². The Kier molecular flexibility index (Phi) is 6.08. The second kappa shape index (κ2) is 8.55. The summed E-state index contributed by atoms with van der Waals surface area (Å²) < 4.78 is 5.35. The van der Waals surface area contributed by atoms with Crippen LogP contribution in [0.15, 0.2) is 11.6 Å². The lowest BCUT2D eigenvalue weighted by molar-refractivity contribution is -0.184. The molecule has 0 aromatic rings. The number of rotatable bonds is 5. The van der Waals surface area contributed by atoms with E-state index in [1.165, 1.54) is 5.57 Å². The van der Waals surface area contributed by atoms with Crippen LogP contribution in [0.3, 0.4) is 0 Å². The lowest BCUT2D eigenvalue weighted by Gasteiger charge is -2.60. The minimum atomic E-state index is -1.59. The Morgan fingerprint density at radius 1 is 1.09 bits per heavy atom. The molecule has 188 valence electrons. The summed E-state index contributed by atoms with van der Waals surface area (Å²) in [5.41, 5.74) is -1.36. The molecule has 0 bridgehead atoms. The van der Waals surface area contributed by atoms with Crippen LogP contribution < -0.4 is 0 Å². The Balaban J connectivity index is 1.32. The fourth-order valence-electron chi connectivity index (χ4n) is 8.92. The molecule has 6 heteroatoms. The Bertz CT molecular complexity index is 903. The van der Waals surface area contributed by atoms with Crippen LogP contribution in [-0.4, -0.2) is 46.1 Å². The first kappa shape index (κ1) is 24.2. The van der Waals surface area contributed by atoms with Crippen molar-refractivity contribution in [2.24, 2.45) is 34.5 Å². The van der Waals surface area contributed by atoms with E-state index >= 15 is 0 Å². The van der Waals surface area contributed by atoms with Crippen LogP contribution in [0.1, 0.15) is 90.9 Å². The molecular weight excluding hydrogens is 432 g/mol. The van der Waals surface area contributed by atoms with E-state index < -0.39 is 22.9 Å². The molecule has 5 aliphatic rings. The highest BCUT2D eigenvalue weighted by Gasteiger charge is 2.68. The van der Waals surface area contributed by atoms with Gasteiger partial charge in [-0.1, -0.05) is 32.3 Å². The van der Waals surface area contributed by atoms with E-state index in [2.05, 4.69) is 6.92 Å². The summed E-state index contributed by atoms with van der Waals surface area (Å²) >= 11 is 0. The quantitative estimate of drug-likeness (QED) is 0.589. The summed E-state index contributed by atoms with van der Waals surface area (Å²) in [5, 5.41) is 23.2. The molecule has 0 radical (unpaired) electrons. The fourth-order valence-corrected chi connectivity index (χ4v) is 8.92. The van der Waals surface area contributed by atoms with E-state index in [0.29, 0.717) is 31.6 Å². The third-order valence-corrected chi connectivity index (χ3v) is 10.8. The first-order valence-electron chi connectivity index (χ1n) is 13.4. The molecule has 6 nitrogen and oxygen atoms in total. The average molecular weight is 473 g/mol. The second-order valence-electron chi connectivity index (χ2n) is 12.4. The van der Waals surface area contributed by atoms with Crippen LogP contribution in [0.5, 0.6) is 0 Å². The summed E-state index contributed by atoms with van der Waals surface area (Å²) in [6.07, 6.45) is 10.3. The van der Waals surface area contributed by atoms with Gasteiger partial charge in [0, 0.05) is 18.3 Å². The van der Waals surface area contributed by atoms with Gasteiger partial charge < -0.3 is 14.9 Å². The smallest absolute Gasteiger partial charge is 0.306 e. The maximum Gasteiger partial charge on any atom is 0.306 e. The van der Waals surface area contributed by atoms with Gasteiger partial charge >= 0.3 is 5.97 Å². The number of esters is 1. The van der Waals surface area contributed by atoms with Gasteiger partial charge in [0.25, 0.3) is 0 Å². The zero-order valence-electron chi connectivity index (χ0n) is 20.7. The number of allylic oxidation sites excluding steroid dienone is 1. The summed E-state index contributed by atoms with van der Waals surface area (Å²) in [5.74, 6) is 0.138. The number of carbonyl (C=O) groups excluding carboxylic acids is 3. The summed E-state index contributed by atoms with van der Waals surface area (Å²) in [7, 11) is 0. The number of aliphatic hydroxyl groups excluding tert-OH is 1. The van der Waals surface area contributed by atoms with Crippen molar-refractivity contribution in [3.05, 3.63) is 11.6 Å². The topological polar surface area (TPSA) is 101 Å². The van der Waals surface area contributed by atoms with Crippen molar-refractivity contribution in [2.45, 2.75) is 103 Å². The molecule has 5 aliphatic carbocycles. The predicted molar refractivity (Wildman–Crippen MR) is 126 cm³/mol. The van der Waals surface area contributed by atoms with Crippen LogP contribution in [0, 0.1) is 34.5 Å². The Labute approximate surface area is 202 Å². The van der Waals surface area contributed by atoms with Gasteiger partial charge in [0.15, 0.2) is 12.4 Å². The first-order chi connectivity index (χ1) is 16.1. The number of fused-ring (bicyclic) bond motifs is 5. The molecule has 4 fully saturated rings. The van der Waals surface area contributed by atoms with Gasteiger partial charge in [0.05, 0.1) is 6.10 Å². The molecule has 7 atom stereocenters. The number of carbonyl (C=O) groups is 3. The number of hydrogen-bond acceptors (Lipinski definition) is 6. The van der Waals surface area contributed by atoms with Crippen molar-refractivity contribution in [1.82, 2.24) is 0 Å². The van der Waals surface area contributed by atoms with Crippen LogP contribution >= 0.6 is 0 Å². The SMILES string of the molecule is C[C@]12CCC(=O)C=C1CC[C@@H]1[C@@H]2[C@@H](O)C[C@@]2(C)[C@H]1CC[C@]2(O)C(=O)COC(=O)CC1CCCC1. The average Bonchev–Trinajstić information content (AvgIpc) is 3.38. The zero-order chi connectivity index (χ0) is 24.3. The van der Waals surface area contributed by atoms with Gasteiger partial charge in [-0.3, -0.25) is 14.4 Å². The normalized spacial score (nSPS) is 44.1. The van der Waals surface area contributed by atoms with E-state index in [0.717, 1.165) is 51.4 Å². The lowest BCUT2D eigenvalue weighted by Crippen LogP contribution is -2.62. The number of Topliss-reactive ketones (excluding diaryl/α,β-unsaturated/α-hetero) is 1. The molecule has 0 unspecified atom stereocenters. The molecular formula is C28H40O6. The summed E-state index contributed by atoms with van der Waals surface area (Å²) in [6.45, 7) is 3.77. The van der Waals surface area contributed by atoms with Gasteiger partial charge in [-0.15, -0.1) is 0 Å². The van der Waals surface area contributed by atoms with E-state index in [1.54, 1.807) is 0 Å². The lowest BCUT2D eigenvalue weighted by atomic mass is 9.45. The molecule has 2 N–H and O–H groups in total.